The molecule has 1 N–H and O–H groups in total. The molecule has 1 heterocycles. The molecule has 0 aliphatic heterocycles. The largest absolute Gasteiger partial charge is 0.432 e. The van der Waals surface area contributed by atoms with Gasteiger partial charge in [0.2, 0.25) is 0 Å². The predicted molar refractivity (Wildman–Crippen MR) is 60.3 cm³/mol. The molecule has 0 spiro atoms. The van der Waals surface area contributed by atoms with Crippen LogP contribution in [-0.4, -0.2) is 9.78 Å². The summed E-state index contributed by atoms with van der Waals surface area (Å²) in [5.74, 6) is -0.453. The van der Waals surface area contributed by atoms with Gasteiger partial charge < -0.3 is 0 Å². The minimum atomic E-state index is -4.60. The molecular weight excluding hydrogens is 264 g/mol. The first-order valence-electron chi connectivity index (χ1n) is 5.43. The van der Waals surface area contributed by atoms with Crippen molar-refractivity contribution in [3.8, 4) is 0 Å². The fraction of sp³-hybridized carbons (Fsp3) is 0.250. The standard InChI is InChI=1S/C12H10F4N2O/c1-7(8-2-4-9(13)5-3-8)18-11(19)6-10(17-18)12(14,15)16/h2-7,17H,1H3. The second-order valence-electron chi connectivity index (χ2n) is 4.10. The van der Waals surface area contributed by atoms with Gasteiger partial charge in [-0.2, -0.15) is 13.2 Å². The number of hydrogen-bond acceptors (Lipinski definition) is 1. The number of aromatic nitrogens is 2. The van der Waals surface area contributed by atoms with Crippen LogP contribution < -0.4 is 5.56 Å². The average molecular weight is 274 g/mol. The van der Waals surface area contributed by atoms with Crippen molar-refractivity contribution < 1.29 is 17.6 Å². The molecule has 0 aliphatic rings. The maximum atomic E-state index is 12.8. The number of alkyl halides is 3. The van der Waals surface area contributed by atoms with Gasteiger partial charge >= 0.3 is 6.18 Å². The molecule has 0 radical (unpaired) electrons. The molecule has 1 unspecified atom stereocenters. The van der Waals surface area contributed by atoms with Gasteiger partial charge in [0.25, 0.3) is 5.56 Å². The summed E-state index contributed by atoms with van der Waals surface area (Å²) in [6.07, 6.45) is -4.60. The second kappa shape index (κ2) is 4.56. The van der Waals surface area contributed by atoms with Gasteiger partial charge in [0, 0.05) is 6.07 Å². The summed E-state index contributed by atoms with van der Waals surface area (Å²) in [5.41, 5.74) is -1.37. The van der Waals surface area contributed by atoms with Crippen molar-refractivity contribution in [2.45, 2.75) is 19.1 Å². The molecule has 2 rings (SSSR count). The van der Waals surface area contributed by atoms with Gasteiger partial charge in [-0.05, 0) is 24.6 Å². The minimum Gasteiger partial charge on any atom is -0.291 e. The number of nitrogens with one attached hydrogen (secondary N) is 1. The Bertz CT molecular complexity index is 624. The summed E-state index contributed by atoms with van der Waals surface area (Å²) in [5, 5.41) is 2.02. The van der Waals surface area contributed by atoms with Crippen LogP contribution in [-0.2, 0) is 6.18 Å². The number of H-pyrrole nitrogens is 1. The van der Waals surface area contributed by atoms with Crippen LogP contribution in [0.1, 0.15) is 24.2 Å². The van der Waals surface area contributed by atoms with Crippen molar-refractivity contribution in [1.29, 1.82) is 0 Å². The van der Waals surface area contributed by atoms with E-state index >= 15 is 0 Å². The van der Waals surface area contributed by atoms with Crippen LogP contribution in [0.5, 0.6) is 0 Å². The fourth-order valence-electron chi connectivity index (χ4n) is 1.73. The minimum absolute atomic E-state index is 0.453. The quantitative estimate of drug-likeness (QED) is 0.840. The van der Waals surface area contributed by atoms with Crippen LogP contribution in [0.4, 0.5) is 17.6 Å². The Balaban J connectivity index is 2.39. The van der Waals surface area contributed by atoms with Crippen molar-refractivity contribution in [1.82, 2.24) is 9.78 Å². The molecule has 0 saturated carbocycles. The molecule has 7 heteroatoms. The summed E-state index contributed by atoms with van der Waals surface area (Å²) in [6, 6.07) is 5.06. The molecule has 1 aromatic heterocycles. The molecule has 19 heavy (non-hydrogen) atoms. The Kier molecular flexibility index (Phi) is 3.21. The number of rotatable bonds is 2. The summed E-state index contributed by atoms with van der Waals surface area (Å²) >= 11 is 0. The van der Waals surface area contributed by atoms with Gasteiger partial charge in [0.1, 0.15) is 11.5 Å². The zero-order valence-electron chi connectivity index (χ0n) is 9.83. The highest BCUT2D eigenvalue weighted by molar-refractivity contribution is 5.20. The van der Waals surface area contributed by atoms with Gasteiger partial charge in [-0.25, -0.2) is 9.07 Å². The van der Waals surface area contributed by atoms with Crippen LogP contribution in [0.15, 0.2) is 35.1 Å². The third-order valence-electron chi connectivity index (χ3n) is 2.79. The summed E-state index contributed by atoms with van der Waals surface area (Å²) in [6.45, 7) is 1.55. The molecule has 0 amide bonds. The van der Waals surface area contributed by atoms with E-state index in [1.165, 1.54) is 24.3 Å². The molecule has 0 aliphatic carbocycles. The lowest BCUT2D eigenvalue weighted by Gasteiger charge is -2.13. The molecule has 1 atom stereocenters. The molecule has 0 bridgehead atoms. The third-order valence-corrected chi connectivity index (χ3v) is 2.79. The van der Waals surface area contributed by atoms with Gasteiger partial charge in [-0.15, -0.1) is 0 Å². The Hall–Kier alpha value is -2.05. The molecule has 1 aromatic carbocycles. The van der Waals surface area contributed by atoms with E-state index in [9.17, 15) is 22.4 Å². The maximum absolute atomic E-state index is 12.8. The Morgan fingerprint density at radius 2 is 1.79 bits per heavy atom. The molecule has 3 nitrogen and oxygen atoms in total. The fourth-order valence-corrected chi connectivity index (χ4v) is 1.73. The van der Waals surface area contributed by atoms with Gasteiger partial charge in [0.15, 0.2) is 0 Å². The Morgan fingerprint density at radius 1 is 1.21 bits per heavy atom. The maximum Gasteiger partial charge on any atom is 0.432 e. The third kappa shape index (κ3) is 2.69. The molecule has 2 aromatic rings. The number of benzene rings is 1. The first kappa shape index (κ1) is 13.4. The van der Waals surface area contributed by atoms with E-state index in [1.807, 2.05) is 5.10 Å². The number of hydrogen-bond donors (Lipinski definition) is 1. The average Bonchev–Trinajstić information content (AvgIpc) is 2.71. The highest BCUT2D eigenvalue weighted by atomic mass is 19.4. The monoisotopic (exact) mass is 274 g/mol. The van der Waals surface area contributed by atoms with E-state index < -0.39 is 29.3 Å². The van der Waals surface area contributed by atoms with Gasteiger partial charge in [0.05, 0.1) is 6.04 Å². The van der Waals surface area contributed by atoms with E-state index in [0.717, 1.165) is 4.68 Å². The van der Waals surface area contributed by atoms with Crippen LogP contribution in [0, 0.1) is 5.82 Å². The van der Waals surface area contributed by atoms with E-state index in [0.29, 0.717) is 11.6 Å². The van der Waals surface area contributed by atoms with Crippen molar-refractivity contribution in [3.05, 3.63) is 57.8 Å². The van der Waals surface area contributed by atoms with Crippen LogP contribution in [0.3, 0.4) is 0 Å². The van der Waals surface area contributed by atoms with Crippen molar-refractivity contribution >= 4 is 0 Å². The number of nitrogens with zero attached hydrogens (tertiary/aromatic N) is 1. The van der Waals surface area contributed by atoms with Crippen molar-refractivity contribution in [3.63, 3.8) is 0 Å². The topological polar surface area (TPSA) is 37.8 Å². The smallest absolute Gasteiger partial charge is 0.291 e. The zero-order chi connectivity index (χ0) is 14.2. The first-order chi connectivity index (χ1) is 8.79. The van der Waals surface area contributed by atoms with E-state index in [-0.39, 0.29) is 0 Å². The Labute approximate surface area is 105 Å². The number of aromatic amines is 1. The van der Waals surface area contributed by atoms with E-state index in [4.69, 9.17) is 0 Å². The van der Waals surface area contributed by atoms with Gasteiger partial charge in [-0.1, -0.05) is 12.1 Å². The SMILES string of the molecule is CC(c1ccc(F)cc1)n1[nH]c(C(F)(F)F)cc1=O. The Morgan fingerprint density at radius 3 is 2.26 bits per heavy atom. The number of halogens is 4. The predicted octanol–water partition coefficient (Wildman–Crippen LogP) is 2.94. The van der Waals surface area contributed by atoms with Crippen LogP contribution in [0.2, 0.25) is 0 Å². The zero-order valence-corrected chi connectivity index (χ0v) is 9.83. The van der Waals surface area contributed by atoms with E-state index in [1.54, 1.807) is 6.92 Å². The lowest BCUT2D eigenvalue weighted by molar-refractivity contribution is -0.141. The van der Waals surface area contributed by atoms with Crippen molar-refractivity contribution in [2.75, 3.05) is 0 Å². The molecule has 102 valence electrons. The highest BCUT2D eigenvalue weighted by Gasteiger charge is 2.34. The normalized spacial score (nSPS) is 13.5. The van der Waals surface area contributed by atoms with Crippen LogP contribution >= 0.6 is 0 Å². The van der Waals surface area contributed by atoms with Crippen LogP contribution in [0.25, 0.3) is 0 Å². The van der Waals surface area contributed by atoms with Gasteiger partial charge in [-0.3, -0.25) is 9.89 Å². The summed E-state index contributed by atoms with van der Waals surface area (Å²) < 4.78 is 51.0. The van der Waals surface area contributed by atoms with Crippen molar-refractivity contribution in [2.24, 2.45) is 0 Å². The molecular formula is C12H10F4N2O. The highest BCUT2D eigenvalue weighted by Crippen LogP contribution is 2.27. The van der Waals surface area contributed by atoms with E-state index in [2.05, 4.69) is 0 Å². The summed E-state index contributed by atoms with van der Waals surface area (Å²) in [7, 11) is 0. The lowest BCUT2D eigenvalue weighted by atomic mass is 10.1. The second-order valence-corrected chi connectivity index (χ2v) is 4.10. The molecule has 0 saturated heterocycles. The lowest BCUT2D eigenvalue weighted by Crippen LogP contribution is -2.21. The summed E-state index contributed by atoms with van der Waals surface area (Å²) in [4.78, 5) is 11.5. The first-order valence-corrected chi connectivity index (χ1v) is 5.43. The molecule has 0 fully saturated rings.